The lowest BCUT2D eigenvalue weighted by atomic mass is 9.83. The average Bonchev–Trinajstić information content (AvgIpc) is 3.35. The van der Waals surface area contributed by atoms with Crippen LogP contribution >= 0.6 is 34.7 Å². The van der Waals surface area contributed by atoms with E-state index in [0.29, 0.717) is 20.5 Å². The molecule has 11 heteroatoms. The van der Waals surface area contributed by atoms with Gasteiger partial charge in [-0.2, -0.15) is 13.2 Å². The van der Waals surface area contributed by atoms with Gasteiger partial charge in [-0.1, -0.05) is 83.2 Å². The number of aromatic nitrogens is 1. The summed E-state index contributed by atoms with van der Waals surface area (Å²) >= 11 is 8.26. The number of hydrogen-bond acceptors (Lipinski definition) is 5. The highest BCUT2D eigenvalue weighted by atomic mass is 35.5. The molecule has 2 aliphatic heterocycles. The van der Waals surface area contributed by atoms with Crippen molar-refractivity contribution in [2.24, 2.45) is 5.92 Å². The third-order valence-electron chi connectivity index (χ3n) is 6.89. The molecule has 0 bridgehead atoms. The van der Waals surface area contributed by atoms with Gasteiger partial charge in [0, 0.05) is 15.8 Å². The molecule has 5 nitrogen and oxygen atoms in total. The summed E-state index contributed by atoms with van der Waals surface area (Å²) in [6, 6.07) is 20.4. The van der Waals surface area contributed by atoms with Crippen molar-refractivity contribution in [3.63, 3.8) is 0 Å². The van der Waals surface area contributed by atoms with Crippen molar-refractivity contribution in [1.29, 1.82) is 0 Å². The molecule has 0 N–H and O–H groups in total. The van der Waals surface area contributed by atoms with Crippen molar-refractivity contribution >= 4 is 52.2 Å². The molecule has 0 radical (unpaired) electrons. The minimum absolute atomic E-state index is 0.130. The molecule has 0 spiro atoms. The topological polar surface area (TPSA) is 59.4 Å². The van der Waals surface area contributed by atoms with E-state index in [1.54, 1.807) is 28.8 Å². The van der Waals surface area contributed by atoms with Gasteiger partial charge in [-0.15, -0.1) is 0 Å². The number of anilines is 1. The van der Waals surface area contributed by atoms with Crippen LogP contribution < -0.4 is 9.77 Å². The summed E-state index contributed by atoms with van der Waals surface area (Å²) in [5.74, 6) is -2.76. The first-order valence-corrected chi connectivity index (χ1v) is 14.0. The molecule has 1 fully saturated rings. The van der Waals surface area contributed by atoms with E-state index in [9.17, 15) is 27.6 Å². The van der Waals surface area contributed by atoms with Crippen LogP contribution in [0.2, 0.25) is 5.02 Å². The number of fused-ring (bicyclic) bond motifs is 2. The molecule has 3 atom stereocenters. The van der Waals surface area contributed by atoms with E-state index in [1.807, 2.05) is 30.3 Å². The second-order valence-electron chi connectivity index (χ2n) is 9.26. The van der Waals surface area contributed by atoms with Crippen LogP contribution in [0.1, 0.15) is 27.5 Å². The van der Waals surface area contributed by atoms with Gasteiger partial charge in [0.25, 0.3) is 0 Å². The lowest BCUT2D eigenvalue weighted by Gasteiger charge is -2.30. The van der Waals surface area contributed by atoms with E-state index in [1.165, 1.54) is 12.1 Å². The van der Waals surface area contributed by atoms with Gasteiger partial charge < -0.3 is 0 Å². The van der Waals surface area contributed by atoms with Crippen molar-refractivity contribution < 1.29 is 22.8 Å². The van der Waals surface area contributed by atoms with Gasteiger partial charge in [-0.05, 0) is 41.5 Å². The zero-order valence-corrected chi connectivity index (χ0v) is 22.3. The zero-order valence-electron chi connectivity index (χ0n) is 19.9. The van der Waals surface area contributed by atoms with Gasteiger partial charge in [-0.3, -0.25) is 19.0 Å². The maximum atomic E-state index is 13.9. The van der Waals surface area contributed by atoms with E-state index in [-0.39, 0.29) is 17.1 Å². The number of alkyl halides is 3. The number of carbonyl (C=O) groups is 2. The highest BCUT2D eigenvalue weighted by Gasteiger charge is 2.57. The molecule has 1 saturated heterocycles. The smallest absolute Gasteiger partial charge is 0.289 e. The van der Waals surface area contributed by atoms with Crippen LogP contribution in [0, 0.1) is 5.92 Å². The summed E-state index contributed by atoms with van der Waals surface area (Å²) in [6.45, 7) is 0.280. The lowest BCUT2D eigenvalue weighted by Crippen LogP contribution is -2.32. The quantitative estimate of drug-likeness (QED) is 0.259. The fourth-order valence-electron chi connectivity index (χ4n) is 5.13. The zero-order chi connectivity index (χ0) is 27.5. The molecule has 0 unspecified atom stereocenters. The molecule has 1 aromatic heterocycles. The Balaban J connectivity index is 1.48. The Morgan fingerprint density at radius 1 is 0.872 bits per heavy atom. The van der Waals surface area contributed by atoms with Crippen molar-refractivity contribution in [3.8, 4) is 0 Å². The Morgan fingerprint density at radius 3 is 2.28 bits per heavy atom. The summed E-state index contributed by atoms with van der Waals surface area (Å²) in [5, 5.41) is 0.147. The molecule has 0 saturated carbocycles. The number of rotatable bonds is 4. The van der Waals surface area contributed by atoms with Crippen LogP contribution in [0.5, 0.6) is 0 Å². The predicted octanol–water partition coefficient (Wildman–Crippen LogP) is 6.43. The summed E-state index contributed by atoms with van der Waals surface area (Å²) in [4.78, 5) is 42.1. The third kappa shape index (κ3) is 4.50. The fourth-order valence-corrected chi connectivity index (χ4v) is 8.03. The highest BCUT2D eigenvalue weighted by Crippen LogP contribution is 2.54. The molecule has 0 aliphatic carbocycles. The van der Waals surface area contributed by atoms with E-state index in [0.717, 1.165) is 45.7 Å². The Hall–Kier alpha value is -3.34. The molecule has 2 aliphatic rings. The van der Waals surface area contributed by atoms with Crippen molar-refractivity contribution in [2.75, 3.05) is 4.90 Å². The fraction of sp³-hybridized carbons (Fsp3) is 0.179. The maximum absolute atomic E-state index is 13.9. The number of halogens is 4. The van der Waals surface area contributed by atoms with Crippen LogP contribution in [-0.2, 0) is 22.3 Å². The van der Waals surface area contributed by atoms with Crippen molar-refractivity contribution in [2.45, 2.75) is 28.9 Å². The SMILES string of the molecule is O=C1[C@H]2[C@@H](c3ccc(Cl)cc3)c3sc(=O)n(Cc4ccccc4)c3S[C@H]2C(=O)N1c1cccc(C(F)(F)F)c1. The Kier molecular flexibility index (Phi) is 6.44. The van der Waals surface area contributed by atoms with E-state index < -0.39 is 40.6 Å². The predicted molar refractivity (Wildman–Crippen MR) is 144 cm³/mol. The van der Waals surface area contributed by atoms with Crippen molar-refractivity contribution in [3.05, 3.63) is 115 Å². The summed E-state index contributed by atoms with van der Waals surface area (Å²) < 4.78 is 41.9. The molecular weight excluding hydrogens is 569 g/mol. The number of hydrogen-bond donors (Lipinski definition) is 0. The standard InChI is InChI=1S/C28H18ClF3N2O3S2/c29-18-11-9-16(10-12-18)20-21-22(25(36)34(24(21)35)19-8-4-7-17(13-19)28(30,31)32)38-26-23(20)39-27(37)33(26)14-15-5-2-1-3-6-15/h1-13,20-22H,14H2/t20-,21+,22-/m1/s1. The number of imide groups is 1. The Bertz CT molecular complexity index is 1650. The number of thiazole rings is 1. The number of carbonyl (C=O) groups excluding carboxylic acids is 2. The highest BCUT2D eigenvalue weighted by molar-refractivity contribution is 8.00. The second-order valence-corrected chi connectivity index (χ2v) is 11.8. The van der Waals surface area contributed by atoms with Gasteiger partial charge in [0.05, 0.1) is 28.7 Å². The molecule has 6 rings (SSSR count). The van der Waals surface area contributed by atoms with Gasteiger partial charge in [0.1, 0.15) is 5.25 Å². The van der Waals surface area contributed by atoms with Crippen LogP contribution in [0.4, 0.5) is 18.9 Å². The van der Waals surface area contributed by atoms with Gasteiger partial charge in [0.15, 0.2) is 0 Å². The first-order chi connectivity index (χ1) is 18.6. The molecule has 4 aromatic rings. The minimum Gasteiger partial charge on any atom is -0.289 e. The van der Waals surface area contributed by atoms with Crippen LogP contribution in [0.25, 0.3) is 0 Å². The monoisotopic (exact) mass is 586 g/mol. The van der Waals surface area contributed by atoms with Crippen LogP contribution in [0.3, 0.4) is 0 Å². The number of amides is 2. The molecule has 39 heavy (non-hydrogen) atoms. The Morgan fingerprint density at radius 2 is 1.59 bits per heavy atom. The lowest BCUT2D eigenvalue weighted by molar-refractivity contribution is -0.137. The molecule has 3 aromatic carbocycles. The second kappa shape index (κ2) is 9.69. The third-order valence-corrected chi connectivity index (χ3v) is 9.75. The average molecular weight is 587 g/mol. The summed E-state index contributed by atoms with van der Waals surface area (Å²) in [6.07, 6.45) is -4.63. The molecule has 198 valence electrons. The number of thioether (sulfide) groups is 1. The molecule has 3 heterocycles. The first-order valence-electron chi connectivity index (χ1n) is 11.9. The first kappa shape index (κ1) is 25.9. The number of nitrogens with zero attached hydrogens (tertiary/aromatic N) is 2. The number of benzene rings is 3. The Labute approximate surface area is 233 Å². The van der Waals surface area contributed by atoms with Gasteiger partial charge in [0.2, 0.25) is 11.8 Å². The summed E-state index contributed by atoms with van der Waals surface area (Å²) in [5.41, 5.74) is 0.504. The maximum Gasteiger partial charge on any atom is 0.416 e. The van der Waals surface area contributed by atoms with Crippen molar-refractivity contribution in [1.82, 2.24) is 4.57 Å². The van der Waals surface area contributed by atoms with Crippen LogP contribution in [-0.4, -0.2) is 21.6 Å². The van der Waals surface area contributed by atoms with E-state index in [2.05, 4.69) is 0 Å². The molecule has 2 amide bonds. The molecular formula is C28H18ClF3N2O3S2. The minimum atomic E-state index is -4.63. The van der Waals surface area contributed by atoms with E-state index >= 15 is 0 Å². The van der Waals surface area contributed by atoms with E-state index in [4.69, 9.17) is 11.6 Å². The van der Waals surface area contributed by atoms with Gasteiger partial charge >= 0.3 is 11.0 Å². The largest absolute Gasteiger partial charge is 0.416 e. The normalized spacial score (nSPS) is 20.7. The summed E-state index contributed by atoms with van der Waals surface area (Å²) in [7, 11) is 0. The van der Waals surface area contributed by atoms with Gasteiger partial charge in [-0.25, -0.2) is 4.90 Å². The van der Waals surface area contributed by atoms with Crippen LogP contribution in [0.15, 0.2) is 88.7 Å².